The van der Waals surface area contributed by atoms with E-state index in [1.165, 1.54) is 0 Å². The van der Waals surface area contributed by atoms with E-state index in [9.17, 15) is 4.21 Å². The Bertz CT molecular complexity index is 241. The van der Waals surface area contributed by atoms with Gasteiger partial charge in [0.1, 0.15) is 0 Å². The smallest absolute Gasteiger partial charge is 0.186 e. The van der Waals surface area contributed by atoms with Gasteiger partial charge in [-0.15, -0.1) is 0 Å². The van der Waals surface area contributed by atoms with Gasteiger partial charge in [0.25, 0.3) is 0 Å². The van der Waals surface area contributed by atoms with E-state index in [0.29, 0.717) is 4.90 Å². The molecule has 0 aliphatic carbocycles. The van der Waals surface area contributed by atoms with E-state index in [-0.39, 0.29) is 0 Å². The molecule has 1 aromatic carbocycles. The van der Waals surface area contributed by atoms with Crippen LogP contribution in [0.5, 0.6) is 0 Å². The second kappa shape index (κ2) is 5.91. The van der Waals surface area contributed by atoms with Crippen LogP contribution in [0, 0.1) is 6.92 Å². The molecular formula is C9H14O2S. The van der Waals surface area contributed by atoms with E-state index in [1.54, 1.807) is 12.1 Å². The van der Waals surface area contributed by atoms with Crippen molar-refractivity contribution in [2.75, 3.05) is 0 Å². The molecule has 0 aliphatic heterocycles. The lowest BCUT2D eigenvalue weighted by molar-refractivity contribution is 0.564. The maximum absolute atomic E-state index is 10.4. The molecule has 0 saturated heterocycles. The molecule has 1 unspecified atom stereocenters. The highest BCUT2D eigenvalue weighted by molar-refractivity contribution is 7.79. The third-order valence-electron chi connectivity index (χ3n) is 1.22. The summed E-state index contributed by atoms with van der Waals surface area (Å²) in [5, 5.41) is 0. The first-order valence-electron chi connectivity index (χ1n) is 3.87. The van der Waals surface area contributed by atoms with Crippen molar-refractivity contribution in [2.45, 2.75) is 25.7 Å². The summed E-state index contributed by atoms with van der Waals surface area (Å²) < 4.78 is 19.0. The van der Waals surface area contributed by atoms with Gasteiger partial charge in [0.05, 0.1) is 4.90 Å². The van der Waals surface area contributed by atoms with Crippen LogP contribution in [0.1, 0.15) is 19.4 Å². The molecule has 1 atom stereocenters. The van der Waals surface area contributed by atoms with E-state index >= 15 is 0 Å². The number of rotatable bonds is 1. The van der Waals surface area contributed by atoms with Gasteiger partial charge >= 0.3 is 0 Å². The maximum Gasteiger partial charge on any atom is 0.186 e. The molecule has 3 heteroatoms. The normalized spacial score (nSPS) is 11.3. The van der Waals surface area contributed by atoms with Crippen LogP contribution < -0.4 is 0 Å². The lowest BCUT2D eigenvalue weighted by atomic mass is 10.2. The lowest BCUT2D eigenvalue weighted by Crippen LogP contribution is -1.86. The molecule has 0 aromatic heterocycles. The second-order valence-electron chi connectivity index (χ2n) is 2.06. The van der Waals surface area contributed by atoms with Crippen molar-refractivity contribution in [1.29, 1.82) is 0 Å². The zero-order valence-corrected chi connectivity index (χ0v) is 8.39. The minimum atomic E-state index is -1.84. The number of hydrogen-bond acceptors (Lipinski definition) is 1. The molecule has 0 saturated carbocycles. The van der Waals surface area contributed by atoms with Crippen molar-refractivity contribution in [3.05, 3.63) is 29.8 Å². The topological polar surface area (TPSA) is 37.3 Å². The summed E-state index contributed by atoms with van der Waals surface area (Å²) in [4.78, 5) is 0.450. The summed E-state index contributed by atoms with van der Waals surface area (Å²) in [6, 6.07) is 6.91. The predicted octanol–water partition coefficient (Wildman–Crippen LogP) is 2.60. The molecule has 1 aromatic rings. The van der Waals surface area contributed by atoms with Crippen LogP contribution in [0.4, 0.5) is 0 Å². The van der Waals surface area contributed by atoms with Gasteiger partial charge in [0.2, 0.25) is 0 Å². The fraction of sp³-hybridized carbons (Fsp3) is 0.333. The quantitative estimate of drug-likeness (QED) is 0.684. The fourth-order valence-corrected chi connectivity index (χ4v) is 1.02. The van der Waals surface area contributed by atoms with Crippen LogP contribution in [0.25, 0.3) is 0 Å². The third kappa shape index (κ3) is 3.64. The van der Waals surface area contributed by atoms with Crippen LogP contribution in [0.15, 0.2) is 29.2 Å². The summed E-state index contributed by atoms with van der Waals surface area (Å²) in [6.07, 6.45) is 0. The van der Waals surface area contributed by atoms with Gasteiger partial charge in [-0.05, 0) is 19.1 Å². The largest absolute Gasteiger partial charge is 0.302 e. The maximum atomic E-state index is 10.4. The summed E-state index contributed by atoms with van der Waals surface area (Å²) in [5.74, 6) is 0. The van der Waals surface area contributed by atoms with Crippen molar-refractivity contribution in [3.8, 4) is 0 Å². The monoisotopic (exact) mass is 186 g/mol. The van der Waals surface area contributed by atoms with Crippen LogP contribution in [-0.2, 0) is 11.1 Å². The Hall–Kier alpha value is -0.670. The first kappa shape index (κ1) is 11.3. The molecule has 0 radical (unpaired) electrons. The average molecular weight is 186 g/mol. The molecule has 0 aliphatic rings. The first-order chi connectivity index (χ1) is 5.70. The van der Waals surface area contributed by atoms with Crippen molar-refractivity contribution >= 4 is 11.1 Å². The second-order valence-corrected chi connectivity index (χ2v) is 3.03. The van der Waals surface area contributed by atoms with Gasteiger partial charge in [-0.1, -0.05) is 31.5 Å². The summed E-state index contributed by atoms with van der Waals surface area (Å²) in [5.41, 5.74) is 1.09. The van der Waals surface area contributed by atoms with Crippen molar-refractivity contribution in [1.82, 2.24) is 0 Å². The highest BCUT2D eigenvalue weighted by atomic mass is 32.2. The minimum Gasteiger partial charge on any atom is -0.302 e. The van der Waals surface area contributed by atoms with E-state index in [0.717, 1.165) is 5.56 Å². The summed E-state index contributed by atoms with van der Waals surface area (Å²) in [7, 11) is 0. The Morgan fingerprint density at radius 2 is 1.58 bits per heavy atom. The van der Waals surface area contributed by atoms with Gasteiger partial charge in [-0.2, -0.15) is 0 Å². The Balaban J connectivity index is 0.000000561. The van der Waals surface area contributed by atoms with Crippen molar-refractivity contribution < 1.29 is 8.76 Å². The van der Waals surface area contributed by atoms with Crippen molar-refractivity contribution in [3.63, 3.8) is 0 Å². The zero-order valence-electron chi connectivity index (χ0n) is 7.57. The van der Waals surface area contributed by atoms with E-state index < -0.39 is 11.1 Å². The highest BCUT2D eigenvalue weighted by Gasteiger charge is 1.95. The predicted molar refractivity (Wildman–Crippen MR) is 51.6 cm³/mol. The molecule has 2 nitrogen and oxygen atoms in total. The molecular weight excluding hydrogens is 172 g/mol. The van der Waals surface area contributed by atoms with Gasteiger partial charge < -0.3 is 4.55 Å². The van der Waals surface area contributed by atoms with E-state index in [2.05, 4.69) is 0 Å². The molecule has 1 N–H and O–H groups in total. The van der Waals surface area contributed by atoms with Crippen LogP contribution in [-0.4, -0.2) is 8.76 Å². The Morgan fingerprint density at radius 3 is 1.92 bits per heavy atom. The molecule has 0 amide bonds. The molecule has 68 valence electrons. The van der Waals surface area contributed by atoms with Gasteiger partial charge in [-0.25, -0.2) is 4.21 Å². The number of hydrogen-bond donors (Lipinski definition) is 1. The van der Waals surface area contributed by atoms with Crippen molar-refractivity contribution in [2.24, 2.45) is 0 Å². The fourth-order valence-electron chi connectivity index (χ4n) is 0.655. The summed E-state index contributed by atoms with van der Waals surface area (Å²) >= 11 is -1.84. The Morgan fingerprint density at radius 1 is 1.17 bits per heavy atom. The zero-order chi connectivity index (χ0) is 9.56. The average Bonchev–Trinajstić information content (AvgIpc) is 2.09. The molecule has 1 rings (SSSR count). The van der Waals surface area contributed by atoms with Gasteiger partial charge in [0.15, 0.2) is 11.1 Å². The van der Waals surface area contributed by atoms with Gasteiger partial charge in [0, 0.05) is 0 Å². The number of benzene rings is 1. The summed E-state index contributed by atoms with van der Waals surface area (Å²) in [6.45, 7) is 5.93. The standard InChI is InChI=1S/C7H8O2S.C2H6/c1-6-2-4-7(5-3-6)10(8)9;1-2/h2-5H,1H3,(H,8,9);1-2H3. The minimum absolute atomic E-state index is 0.450. The lowest BCUT2D eigenvalue weighted by Gasteiger charge is -1.93. The first-order valence-corrected chi connectivity index (χ1v) is 4.98. The molecule has 12 heavy (non-hydrogen) atoms. The Kier molecular flexibility index (Phi) is 5.58. The molecule has 0 bridgehead atoms. The Labute approximate surface area is 75.9 Å². The van der Waals surface area contributed by atoms with Crippen LogP contribution >= 0.6 is 0 Å². The molecule has 0 fully saturated rings. The molecule has 0 spiro atoms. The van der Waals surface area contributed by atoms with Crippen LogP contribution in [0.3, 0.4) is 0 Å². The van der Waals surface area contributed by atoms with Gasteiger partial charge in [-0.3, -0.25) is 0 Å². The molecule has 0 heterocycles. The van der Waals surface area contributed by atoms with E-state index in [4.69, 9.17) is 4.55 Å². The third-order valence-corrected chi connectivity index (χ3v) is 1.90. The SMILES string of the molecule is CC.Cc1ccc(S(=O)O)cc1. The van der Waals surface area contributed by atoms with E-state index in [1.807, 2.05) is 32.9 Å². The number of aryl methyl sites for hydroxylation is 1. The van der Waals surface area contributed by atoms with Crippen LogP contribution in [0.2, 0.25) is 0 Å². The highest BCUT2D eigenvalue weighted by Crippen LogP contribution is 2.05.